The average Bonchev–Trinajstić information content (AvgIpc) is 3.42. The highest BCUT2D eigenvalue weighted by Crippen LogP contribution is 2.52. The molecule has 0 N–H and O–H groups in total. The third-order valence-corrected chi connectivity index (χ3v) is 10.2. The molecule has 0 atom stereocenters. The van der Waals surface area contributed by atoms with E-state index in [9.17, 15) is 0 Å². The van der Waals surface area contributed by atoms with E-state index in [1.54, 1.807) is 18.2 Å². The molecule has 0 amide bonds. The zero-order valence-corrected chi connectivity index (χ0v) is 27.3. The molecular weight excluding hydrogens is 631 g/mol. The smallest absolute Gasteiger partial charge is 0.228 e. The van der Waals surface area contributed by atoms with Gasteiger partial charge < -0.3 is 0 Å². The molecule has 0 bridgehead atoms. The Hall–Kier alpha value is -6.52. The Morgan fingerprint density at radius 2 is 0.882 bits per heavy atom. The summed E-state index contributed by atoms with van der Waals surface area (Å²) in [6, 6.07) is 55.9. The van der Waals surface area contributed by atoms with Crippen molar-refractivity contribution in [1.29, 1.82) is 0 Å². The third kappa shape index (κ3) is 4.75. The second-order valence-electron chi connectivity index (χ2n) is 13.2. The minimum Gasteiger partial charge on any atom is -0.228 e. The number of rotatable bonds is 4. The zero-order chi connectivity index (χ0) is 34.1. The lowest BCUT2D eigenvalue weighted by molar-refractivity contribution is 0.0480. The van der Waals surface area contributed by atoms with Gasteiger partial charge in [-0.15, -0.1) is 0 Å². The molecule has 2 nitrogen and oxygen atoms in total. The van der Waals surface area contributed by atoms with Crippen LogP contribution in [0, 0.1) is 0 Å². The number of aromatic nitrogens is 2. The van der Waals surface area contributed by atoms with Crippen LogP contribution < -0.4 is 0 Å². The van der Waals surface area contributed by atoms with Gasteiger partial charge in [0.15, 0.2) is 5.82 Å². The Bertz CT molecular complexity index is 2760. The number of alkyl halides is 2. The maximum absolute atomic E-state index is 15.7. The normalized spacial score (nSPS) is 13.1. The minimum absolute atomic E-state index is 0.0465. The summed E-state index contributed by atoms with van der Waals surface area (Å²) in [5.74, 6) is -2.42. The molecule has 1 heterocycles. The predicted molar refractivity (Wildman–Crippen MR) is 205 cm³/mol. The standard InChI is InChI=1S/C47H28F2N2/c48-47(49)42-16-8-7-15-39(42)40-22-21-33(27-43(40)47)36-23-24-41(38-14-6-5-13-37(36)38)45-28-44(34-19-17-29-9-1-3-11-31(29)25-34)50-46(51-45)35-20-18-30-10-2-4-12-32(30)26-35/h1-28H. The van der Waals surface area contributed by atoms with Crippen molar-refractivity contribution in [3.05, 3.63) is 181 Å². The lowest BCUT2D eigenvalue weighted by atomic mass is 9.91. The van der Waals surface area contributed by atoms with E-state index in [0.717, 1.165) is 66.1 Å². The number of halogens is 2. The van der Waals surface area contributed by atoms with Crippen molar-refractivity contribution < 1.29 is 8.78 Å². The van der Waals surface area contributed by atoms with Gasteiger partial charge in [-0.1, -0.05) is 146 Å². The lowest BCUT2D eigenvalue weighted by Crippen LogP contribution is -2.10. The fourth-order valence-corrected chi connectivity index (χ4v) is 7.66. The summed E-state index contributed by atoms with van der Waals surface area (Å²) in [5, 5.41) is 6.53. The van der Waals surface area contributed by atoms with Gasteiger partial charge in [-0.25, -0.2) is 9.97 Å². The molecule has 0 radical (unpaired) electrons. The van der Waals surface area contributed by atoms with Crippen LogP contribution in [0.3, 0.4) is 0 Å². The monoisotopic (exact) mass is 658 g/mol. The van der Waals surface area contributed by atoms with Gasteiger partial charge in [0.25, 0.3) is 5.92 Å². The lowest BCUT2D eigenvalue weighted by Gasteiger charge is -2.16. The van der Waals surface area contributed by atoms with Crippen LogP contribution in [-0.2, 0) is 5.92 Å². The van der Waals surface area contributed by atoms with Gasteiger partial charge in [0.05, 0.1) is 11.4 Å². The maximum Gasteiger partial charge on any atom is 0.299 e. The Balaban J connectivity index is 1.15. The fraction of sp³-hybridized carbons (Fsp3) is 0.0213. The Kier molecular flexibility index (Phi) is 6.49. The van der Waals surface area contributed by atoms with Crippen LogP contribution in [0.15, 0.2) is 170 Å². The number of fused-ring (bicyclic) bond motifs is 6. The zero-order valence-electron chi connectivity index (χ0n) is 27.3. The molecule has 0 spiro atoms. The first kappa shape index (κ1) is 29.4. The number of hydrogen-bond acceptors (Lipinski definition) is 2. The highest BCUT2D eigenvalue weighted by molar-refractivity contribution is 6.05. The number of benzene rings is 8. The molecule has 0 saturated heterocycles. The van der Waals surface area contributed by atoms with Gasteiger partial charge in [-0.2, -0.15) is 8.78 Å². The largest absolute Gasteiger partial charge is 0.299 e. The second kappa shape index (κ2) is 11.3. The highest BCUT2D eigenvalue weighted by Gasteiger charge is 2.44. The van der Waals surface area contributed by atoms with Gasteiger partial charge in [-0.05, 0) is 78.8 Å². The molecular formula is C47H28F2N2. The summed E-state index contributed by atoms with van der Waals surface area (Å²) >= 11 is 0. The summed E-state index contributed by atoms with van der Waals surface area (Å²) in [6.07, 6.45) is 0. The van der Waals surface area contributed by atoms with Crippen molar-refractivity contribution in [3.8, 4) is 56.2 Å². The first-order valence-corrected chi connectivity index (χ1v) is 17.0. The van der Waals surface area contributed by atoms with Gasteiger partial charge in [0.1, 0.15) is 0 Å². The Labute approximate surface area is 293 Å². The van der Waals surface area contributed by atoms with Crippen molar-refractivity contribution in [2.45, 2.75) is 5.92 Å². The van der Waals surface area contributed by atoms with E-state index in [0.29, 0.717) is 17.0 Å². The van der Waals surface area contributed by atoms with E-state index in [2.05, 4.69) is 84.9 Å². The molecule has 8 aromatic carbocycles. The van der Waals surface area contributed by atoms with E-state index in [1.807, 2.05) is 60.7 Å². The molecule has 1 aliphatic rings. The maximum atomic E-state index is 15.7. The molecule has 1 aromatic heterocycles. The van der Waals surface area contributed by atoms with E-state index >= 15 is 8.78 Å². The summed E-state index contributed by atoms with van der Waals surface area (Å²) in [4.78, 5) is 10.3. The number of nitrogens with zero attached hydrogens (tertiary/aromatic N) is 2. The fourth-order valence-electron chi connectivity index (χ4n) is 7.66. The number of hydrogen-bond donors (Lipinski definition) is 0. The molecule has 0 unspecified atom stereocenters. The molecule has 1 aliphatic carbocycles. The van der Waals surface area contributed by atoms with Gasteiger partial charge in [0, 0.05) is 27.8 Å². The summed E-state index contributed by atoms with van der Waals surface area (Å²) < 4.78 is 31.5. The molecule has 0 saturated carbocycles. The van der Waals surface area contributed by atoms with Crippen LogP contribution in [0.4, 0.5) is 8.78 Å². The molecule has 240 valence electrons. The van der Waals surface area contributed by atoms with E-state index in [-0.39, 0.29) is 11.1 Å². The van der Waals surface area contributed by atoms with Gasteiger partial charge in [0.2, 0.25) is 0 Å². The van der Waals surface area contributed by atoms with Crippen LogP contribution in [-0.4, -0.2) is 9.97 Å². The summed E-state index contributed by atoms with van der Waals surface area (Å²) in [6.45, 7) is 0. The van der Waals surface area contributed by atoms with Crippen molar-refractivity contribution >= 4 is 32.3 Å². The van der Waals surface area contributed by atoms with Gasteiger partial charge >= 0.3 is 0 Å². The highest BCUT2D eigenvalue weighted by atomic mass is 19.3. The van der Waals surface area contributed by atoms with Crippen molar-refractivity contribution in [3.63, 3.8) is 0 Å². The van der Waals surface area contributed by atoms with Crippen molar-refractivity contribution in [2.75, 3.05) is 0 Å². The second-order valence-corrected chi connectivity index (χ2v) is 13.2. The Morgan fingerprint density at radius 1 is 0.353 bits per heavy atom. The van der Waals surface area contributed by atoms with E-state index in [4.69, 9.17) is 9.97 Å². The van der Waals surface area contributed by atoms with Crippen molar-refractivity contribution in [2.24, 2.45) is 0 Å². The van der Waals surface area contributed by atoms with Crippen LogP contribution >= 0.6 is 0 Å². The van der Waals surface area contributed by atoms with Crippen LogP contribution in [0.1, 0.15) is 11.1 Å². The van der Waals surface area contributed by atoms with Crippen LogP contribution in [0.25, 0.3) is 88.5 Å². The Morgan fingerprint density at radius 3 is 1.65 bits per heavy atom. The first-order chi connectivity index (χ1) is 25.0. The minimum atomic E-state index is -3.06. The topological polar surface area (TPSA) is 25.8 Å². The molecule has 4 heteroatoms. The van der Waals surface area contributed by atoms with Gasteiger partial charge in [-0.3, -0.25) is 0 Å². The summed E-state index contributed by atoms with van der Waals surface area (Å²) in [7, 11) is 0. The quantitative estimate of drug-likeness (QED) is 0.188. The average molecular weight is 659 g/mol. The van der Waals surface area contributed by atoms with E-state index < -0.39 is 5.92 Å². The molecule has 10 rings (SSSR count). The summed E-state index contributed by atoms with van der Waals surface area (Å²) in [5.41, 5.74) is 7.41. The van der Waals surface area contributed by atoms with E-state index in [1.165, 1.54) is 11.5 Å². The SMILES string of the molecule is FC1(F)c2ccccc2-c2ccc(-c3ccc(-c4cc(-c5ccc6ccccc6c5)nc(-c5ccc6ccccc6c5)n4)c4ccccc34)cc21. The third-order valence-electron chi connectivity index (χ3n) is 10.2. The first-order valence-electron chi connectivity index (χ1n) is 17.0. The molecule has 0 aliphatic heterocycles. The molecule has 9 aromatic rings. The van der Waals surface area contributed by atoms with Crippen LogP contribution in [0.2, 0.25) is 0 Å². The van der Waals surface area contributed by atoms with Crippen LogP contribution in [0.5, 0.6) is 0 Å². The molecule has 51 heavy (non-hydrogen) atoms. The predicted octanol–water partition coefficient (Wildman–Crippen LogP) is 12.7. The molecule has 0 fully saturated rings. The van der Waals surface area contributed by atoms with Crippen molar-refractivity contribution in [1.82, 2.24) is 9.97 Å².